The highest BCUT2D eigenvalue weighted by Crippen LogP contribution is 2.44. The van der Waals surface area contributed by atoms with Crippen molar-refractivity contribution < 1.29 is 9.53 Å². The van der Waals surface area contributed by atoms with E-state index in [0.717, 1.165) is 57.1 Å². The van der Waals surface area contributed by atoms with Crippen LogP contribution >= 0.6 is 11.3 Å². The highest BCUT2D eigenvalue weighted by Gasteiger charge is 2.46. The van der Waals surface area contributed by atoms with Gasteiger partial charge in [0.1, 0.15) is 6.10 Å². The number of carbonyl (C=O) groups excluding carboxylic acids is 1. The van der Waals surface area contributed by atoms with Gasteiger partial charge in [-0.2, -0.15) is 0 Å². The van der Waals surface area contributed by atoms with Crippen molar-refractivity contribution in [3.8, 4) is 6.01 Å². The number of hydrogen-bond acceptors (Lipinski definition) is 5. The maximum Gasteiger partial charge on any atom is 0.316 e. The molecule has 1 aliphatic heterocycles. The Balaban J connectivity index is 1.46. The van der Waals surface area contributed by atoms with E-state index in [2.05, 4.69) is 34.4 Å². The number of ether oxygens (including phenoxy) is 1. The fourth-order valence-electron chi connectivity index (χ4n) is 4.35. The minimum atomic E-state index is -0.310. The van der Waals surface area contributed by atoms with Gasteiger partial charge in [-0.05, 0) is 49.1 Å². The largest absolute Gasteiger partial charge is 0.458 e. The van der Waals surface area contributed by atoms with Crippen LogP contribution in [0.5, 0.6) is 6.01 Å². The Kier molecular flexibility index (Phi) is 5.43. The van der Waals surface area contributed by atoms with Gasteiger partial charge in [0, 0.05) is 23.8 Å². The summed E-state index contributed by atoms with van der Waals surface area (Å²) in [5.41, 5.74) is 0.789. The van der Waals surface area contributed by atoms with E-state index in [-0.39, 0.29) is 17.4 Å². The summed E-state index contributed by atoms with van der Waals surface area (Å²) < 4.78 is 6.01. The normalized spacial score (nSPS) is 22.0. The van der Waals surface area contributed by atoms with Gasteiger partial charge in [-0.15, -0.1) is 11.3 Å². The highest BCUT2D eigenvalue weighted by molar-refractivity contribution is 7.10. The second kappa shape index (κ2) is 7.97. The number of aryl methyl sites for hydroxylation is 1. The Morgan fingerprint density at radius 3 is 2.74 bits per heavy atom. The van der Waals surface area contributed by atoms with Gasteiger partial charge >= 0.3 is 6.01 Å². The summed E-state index contributed by atoms with van der Waals surface area (Å²) in [5.74, 6) is 0.290. The molecule has 2 fully saturated rings. The van der Waals surface area contributed by atoms with Crippen LogP contribution in [0.15, 0.2) is 29.9 Å². The van der Waals surface area contributed by atoms with Crippen LogP contribution in [0.2, 0.25) is 0 Å². The molecule has 3 heterocycles. The first-order chi connectivity index (χ1) is 13.2. The molecule has 1 saturated heterocycles. The predicted molar refractivity (Wildman–Crippen MR) is 106 cm³/mol. The predicted octanol–water partition coefficient (Wildman–Crippen LogP) is 3.98. The first kappa shape index (κ1) is 18.4. The summed E-state index contributed by atoms with van der Waals surface area (Å²) >= 11 is 1.72. The number of thiophene rings is 1. The Morgan fingerprint density at radius 1 is 1.30 bits per heavy atom. The number of amides is 1. The summed E-state index contributed by atoms with van der Waals surface area (Å²) in [6.07, 6.45) is 10.6. The summed E-state index contributed by atoms with van der Waals surface area (Å²) in [6, 6.07) is 4.61. The molecule has 0 bridgehead atoms. The monoisotopic (exact) mass is 385 g/mol. The molecule has 2 aliphatic rings. The molecule has 0 aromatic carbocycles. The van der Waals surface area contributed by atoms with Gasteiger partial charge in [-0.3, -0.25) is 4.79 Å². The molecule has 144 valence electrons. The molecule has 6 heteroatoms. The van der Waals surface area contributed by atoms with Gasteiger partial charge in [0.2, 0.25) is 5.91 Å². The van der Waals surface area contributed by atoms with Crippen molar-refractivity contribution in [2.75, 3.05) is 13.1 Å². The van der Waals surface area contributed by atoms with Crippen molar-refractivity contribution in [2.24, 2.45) is 0 Å². The molecule has 4 rings (SSSR count). The molecule has 27 heavy (non-hydrogen) atoms. The molecule has 1 atom stereocenters. The molecule has 0 radical (unpaired) electrons. The van der Waals surface area contributed by atoms with E-state index in [1.54, 1.807) is 11.3 Å². The van der Waals surface area contributed by atoms with Crippen LogP contribution in [0.1, 0.15) is 55.9 Å². The fourth-order valence-corrected chi connectivity index (χ4v) is 5.33. The Labute approximate surface area is 164 Å². The molecular weight excluding hydrogens is 358 g/mol. The van der Waals surface area contributed by atoms with Crippen LogP contribution in [0.25, 0.3) is 0 Å². The molecular formula is C21H27N3O2S. The van der Waals surface area contributed by atoms with Crippen LogP contribution in [-0.2, 0) is 16.6 Å². The topological polar surface area (TPSA) is 55.3 Å². The van der Waals surface area contributed by atoms with E-state index in [9.17, 15) is 4.79 Å². The van der Waals surface area contributed by atoms with E-state index in [0.29, 0.717) is 12.6 Å². The van der Waals surface area contributed by atoms with Gasteiger partial charge in [0.05, 0.1) is 12.0 Å². The third-order valence-corrected chi connectivity index (χ3v) is 6.96. The van der Waals surface area contributed by atoms with Gasteiger partial charge in [0.25, 0.3) is 0 Å². The number of rotatable bonds is 5. The second-order valence-corrected chi connectivity index (χ2v) is 8.57. The fraction of sp³-hybridized carbons (Fsp3) is 0.571. The van der Waals surface area contributed by atoms with E-state index >= 15 is 0 Å². The summed E-state index contributed by atoms with van der Waals surface area (Å²) in [5, 5.41) is 2.09. The Bertz CT molecular complexity index is 754. The molecule has 1 amide bonds. The molecule has 2 aromatic rings. The van der Waals surface area contributed by atoms with Gasteiger partial charge in [-0.25, -0.2) is 9.97 Å². The van der Waals surface area contributed by atoms with Crippen LogP contribution in [0.3, 0.4) is 0 Å². The summed E-state index contributed by atoms with van der Waals surface area (Å²) in [6.45, 7) is 3.53. The van der Waals surface area contributed by atoms with Gasteiger partial charge in [0.15, 0.2) is 0 Å². The lowest BCUT2D eigenvalue weighted by atomic mass is 9.82. The highest BCUT2D eigenvalue weighted by atomic mass is 32.1. The molecule has 0 spiro atoms. The van der Waals surface area contributed by atoms with Crippen LogP contribution < -0.4 is 4.74 Å². The maximum atomic E-state index is 13.5. The zero-order valence-electron chi connectivity index (χ0n) is 15.9. The SMILES string of the molecule is CCc1cnc(OC2CCCN(C(=O)C3(c4cccs4)CCCC3)C2)nc1. The van der Waals surface area contributed by atoms with Crippen molar-refractivity contribution in [1.82, 2.24) is 14.9 Å². The smallest absolute Gasteiger partial charge is 0.316 e. The average molecular weight is 386 g/mol. The van der Waals surface area contributed by atoms with Crippen LogP contribution in [0, 0.1) is 0 Å². The number of nitrogens with zero attached hydrogens (tertiary/aromatic N) is 3. The number of carbonyl (C=O) groups is 1. The van der Waals surface area contributed by atoms with E-state index in [1.165, 1.54) is 4.88 Å². The van der Waals surface area contributed by atoms with Crippen molar-refractivity contribution >= 4 is 17.2 Å². The molecule has 1 aliphatic carbocycles. The standard InChI is InChI=1S/C21H27N3O2S/c1-2-16-13-22-20(23-14-16)26-17-7-5-11-24(15-17)19(25)21(9-3-4-10-21)18-8-6-12-27-18/h6,8,12-14,17H,2-5,7,9-11,15H2,1H3. The molecule has 2 aromatic heterocycles. The third-order valence-electron chi connectivity index (χ3n) is 5.89. The average Bonchev–Trinajstić information content (AvgIpc) is 3.41. The minimum absolute atomic E-state index is 0.0306. The lowest BCUT2D eigenvalue weighted by molar-refractivity contribution is -0.140. The van der Waals surface area contributed by atoms with Crippen LogP contribution in [-0.4, -0.2) is 40.0 Å². The van der Waals surface area contributed by atoms with E-state index < -0.39 is 0 Å². The lowest BCUT2D eigenvalue weighted by Gasteiger charge is -2.38. The zero-order chi connectivity index (χ0) is 18.7. The van der Waals surface area contributed by atoms with Crippen molar-refractivity contribution in [3.05, 3.63) is 40.3 Å². The number of hydrogen-bond donors (Lipinski definition) is 0. The number of aromatic nitrogens is 2. The summed E-state index contributed by atoms with van der Waals surface area (Å²) in [7, 11) is 0. The van der Waals surface area contributed by atoms with Gasteiger partial charge < -0.3 is 9.64 Å². The first-order valence-corrected chi connectivity index (χ1v) is 10.9. The Morgan fingerprint density at radius 2 is 2.07 bits per heavy atom. The van der Waals surface area contributed by atoms with Gasteiger partial charge in [-0.1, -0.05) is 25.8 Å². The minimum Gasteiger partial charge on any atom is -0.458 e. The quantitative estimate of drug-likeness (QED) is 0.781. The summed E-state index contributed by atoms with van der Waals surface area (Å²) in [4.78, 5) is 25.4. The molecule has 1 unspecified atom stereocenters. The molecule has 1 saturated carbocycles. The van der Waals surface area contributed by atoms with Crippen molar-refractivity contribution in [3.63, 3.8) is 0 Å². The third kappa shape index (κ3) is 3.72. The Hall–Kier alpha value is -1.95. The lowest BCUT2D eigenvalue weighted by Crippen LogP contribution is -2.51. The zero-order valence-corrected chi connectivity index (χ0v) is 16.7. The maximum absolute atomic E-state index is 13.5. The number of likely N-dealkylation sites (tertiary alicyclic amines) is 1. The number of piperidine rings is 1. The van der Waals surface area contributed by atoms with Crippen LogP contribution in [0.4, 0.5) is 0 Å². The first-order valence-electron chi connectivity index (χ1n) is 10.0. The van der Waals surface area contributed by atoms with Crippen molar-refractivity contribution in [2.45, 2.75) is 63.4 Å². The van der Waals surface area contributed by atoms with E-state index in [4.69, 9.17) is 4.74 Å². The molecule has 5 nitrogen and oxygen atoms in total. The molecule has 0 N–H and O–H groups in total. The second-order valence-electron chi connectivity index (χ2n) is 7.63. The van der Waals surface area contributed by atoms with Crippen molar-refractivity contribution in [1.29, 1.82) is 0 Å². The van der Waals surface area contributed by atoms with E-state index in [1.807, 2.05) is 17.3 Å².